The normalized spacial score (nSPS) is 10.1. The fourth-order valence-corrected chi connectivity index (χ4v) is 2.05. The molecule has 5 heteroatoms. The average molecular weight is 287 g/mol. The van der Waals surface area contributed by atoms with E-state index in [-0.39, 0.29) is 23.0 Å². The largest absolute Gasteiger partial charge is 0.508 e. The highest BCUT2D eigenvalue weighted by Gasteiger charge is 2.08. The minimum Gasteiger partial charge on any atom is -0.508 e. The first-order valence-electron chi connectivity index (χ1n) is 6.53. The van der Waals surface area contributed by atoms with Crippen molar-refractivity contribution < 1.29 is 19.7 Å². The highest BCUT2D eigenvalue weighted by Crippen LogP contribution is 2.20. The molecule has 0 saturated carbocycles. The molecule has 0 bridgehead atoms. The number of phenolic OH excluding ortho intramolecular Hbond substituents is 2. The van der Waals surface area contributed by atoms with E-state index in [2.05, 4.69) is 5.32 Å². The Bertz CT molecular complexity index is 620. The van der Waals surface area contributed by atoms with Gasteiger partial charge in [0, 0.05) is 18.2 Å². The second-order valence-electron chi connectivity index (χ2n) is 4.56. The van der Waals surface area contributed by atoms with Gasteiger partial charge >= 0.3 is 0 Å². The van der Waals surface area contributed by atoms with Gasteiger partial charge in [-0.15, -0.1) is 0 Å². The van der Waals surface area contributed by atoms with E-state index in [9.17, 15) is 15.0 Å². The van der Waals surface area contributed by atoms with Gasteiger partial charge in [-0.05, 0) is 30.2 Å². The summed E-state index contributed by atoms with van der Waals surface area (Å²) < 4.78 is 5.24. The van der Waals surface area contributed by atoms with Gasteiger partial charge in [0.2, 0.25) is 0 Å². The zero-order chi connectivity index (χ0) is 15.2. The Morgan fingerprint density at radius 1 is 1.14 bits per heavy atom. The number of aromatic hydroxyl groups is 2. The second-order valence-corrected chi connectivity index (χ2v) is 4.56. The number of amides is 1. The van der Waals surface area contributed by atoms with Crippen molar-refractivity contribution in [3.8, 4) is 17.2 Å². The fourth-order valence-electron chi connectivity index (χ4n) is 2.05. The lowest BCUT2D eigenvalue weighted by Crippen LogP contribution is -2.25. The third-order valence-corrected chi connectivity index (χ3v) is 3.04. The molecule has 2 aromatic rings. The molecule has 0 radical (unpaired) electrons. The maximum Gasteiger partial charge on any atom is 0.251 e. The Balaban J connectivity index is 1.95. The maximum atomic E-state index is 11.9. The number of carbonyl (C=O) groups excluding carboxylic acids is 1. The van der Waals surface area contributed by atoms with E-state index in [1.54, 1.807) is 7.11 Å². The van der Waals surface area contributed by atoms with Crippen LogP contribution in [0.25, 0.3) is 0 Å². The maximum absolute atomic E-state index is 11.9. The smallest absolute Gasteiger partial charge is 0.251 e. The minimum atomic E-state index is -0.351. The van der Waals surface area contributed by atoms with Gasteiger partial charge in [0.25, 0.3) is 5.91 Å². The number of rotatable bonds is 5. The van der Waals surface area contributed by atoms with Crippen molar-refractivity contribution in [1.82, 2.24) is 5.32 Å². The second kappa shape index (κ2) is 6.65. The summed E-state index contributed by atoms with van der Waals surface area (Å²) in [6, 6.07) is 11.4. The van der Waals surface area contributed by atoms with E-state index < -0.39 is 0 Å². The molecule has 0 fully saturated rings. The predicted octanol–water partition coefficient (Wildman–Crippen LogP) is 2.08. The van der Waals surface area contributed by atoms with Gasteiger partial charge in [-0.1, -0.05) is 18.2 Å². The molecule has 5 nitrogen and oxygen atoms in total. The Kier molecular flexibility index (Phi) is 4.66. The lowest BCUT2D eigenvalue weighted by molar-refractivity contribution is 0.0953. The van der Waals surface area contributed by atoms with Crippen molar-refractivity contribution in [2.24, 2.45) is 0 Å². The Hall–Kier alpha value is -2.69. The van der Waals surface area contributed by atoms with Gasteiger partial charge in [-0.2, -0.15) is 0 Å². The first-order valence-corrected chi connectivity index (χ1v) is 6.53. The molecule has 0 aromatic heterocycles. The molecule has 0 aliphatic heterocycles. The van der Waals surface area contributed by atoms with Crippen LogP contribution in [0.4, 0.5) is 0 Å². The molecule has 1 amide bonds. The summed E-state index contributed by atoms with van der Waals surface area (Å²) in [7, 11) is 1.60. The zero-order valence-electron chi connectivity index (χ0n) is 11.7. The molecule has 0 aliphatic carbocycles. The van der Waals surface area contributed by atoms with E-state index >= 15 is 0 Å². The lowest BCUT2D eigenvalue weighted by atomic mass is 10.1. The van der Waals surface area contributed by atoms with Crippen LogP contribution in [0.5, 0.6) is 17.2 Å². The molecule has 0 saturated heterocycles. The molecule has 3 N–H and O–H groups in total. The topological polar surface area (TPSA) is 78.8 Å². The van der Waals surface area contributed by atoms with Crippen LogP contribution in [0.15, 0.2) is 42.5 Å². The summed E-state index contributed by atoms with van der Waals surface area (Å²) in [6.07, 6.45) is 0.626. The van der Waals surface area contributed by atoms with E-state index in [1.165, 1.54) is 18.2 Å². The number of hydrogen-bond acceptors (Lipinski definition) is 4. The summed E-state index contributed by atoms with van der Waals surface area (Å²) in [6.45, 7) is 0.426. The summed E-state index contributed by atoms with van der Waals surface area (Å²) in [4.78, 5) is 11.9. The number of hydrogen-bond donors (Lipinski definition) is 3. The van der Waals surface area contributed by atoms with Crippen LogP contribution in [-0.2, 0) is 6.42 Å². The average Bonchev–Trinajstić information content (AvgIpc) is 2.46. The van der Waals surface area contributed by atoms with Gasteiger partial charge in [0.1, 0.15) is 17.2 Å². The Morgan fingerprint density at radius 3 is 2.48 bits per heavy atom. The van der Waals surface area contributed by atoms with Crippen molar-refractivity contribution >= 4 is 5.91 Å². The SMILES string of the molecule is COc1ccccc1CCNC(=O)c1cc(O)cc(O)c1. The highest BCUT2D eigenvalue weighted by molar-refractivity contribution is 5.95. The van der Waals surface area contributed by atoms with E-state index in [4.69, 9.17) is 4.74 Å². The van der Waals surface area contributed by atoms with Crippen molar-refractivity contribution in [2.75, 3.05) is 13.7 Å². The van der Waals surface area contributed by atoms with Gasteiger partial charge in [-0.3, -0.25) is 4.79 Å². The van der Waals surface area contributed by atoms with E-state index in [0.717, 1.165) is 11.3 Å². The molecule has 0 atom stereocenters. The predicted molar refractivity (Wildman–Crippen MR) is 78.8 cm³/mol. The molecule has 0 heterocycles. The van der Waals surface area contributed by atoms with Crippen molar-refractivity contribution in [3.63, 3.8) is 0 Å². The van der Waals surface area contributed by atoms with Crippen LogP contribution in [0.1, 0.15) is 15.9 Å². The Labute approximate surface area is 122 Å². The first kappa shape index (κ1) is 14.7. The highest BCUT2D eigenvalue weighted by atomic mass is 16.5. The monoisotopic (exact) mass is 287 g/mol. The Morgan fingerprint density at radius 2 is 1.81 bits per heavy atom. The van der Waals surface area contributed by atoms with Gasteiger partial charge < -0.3 is 20.3 Å². The molecule has 2 rings (SSSR count). The number of methoxy groups -OCH3 is 1. The quantitative estimate of drug-likeness (QED) is 0.786. The van der Waals surface area contributed by atoms with Gasteiger partial charge in [0.15, 0.2) is 0 Å². The van der Waals surface area contributed by atoms with E-state index in [1.807, 2.05) is 24.3 Å². The summed E-state index contributed by atoms with van der Waals surface area (Å²) in [5, 5.41) is 21.5. The molecule has 2 aromatic carbocycles. The van der Waals surface area contributed by atoms with Crippen LogP contribution in [0, 0.1) is 0 Å². The molecule has 0 unspecified atom stereocenters. The summed E-state index contributed by atoms with van der Waals surface area (Å²) >= 11 is 0. The number of benzene rings is 2. The van der Waals surface area contributed by atoms with Crippen LogP contribution in [0.3, 0.4) is 0 Å². The molecule has 0 spiro atoms. The fraction of sp³-hybridized carbons (Fsp3) is 0.188. The summed E-state index contributed by atoms with van der Waals surface area (Å²) in [5.41, 5.74) is 1.21. The number of phenols is 2. The van der Waals surface area contributed by atoms with Crippen molar-refractivity contribution in [1.29, 1.82) is 0 Å². The summed E-state index contributed by atoms with van der Waals surface area (Å²) in [5.74, 6) is 0.132. The lowest BCUT2D eigenvalue weighted by Gasteiger charge is -2.09. The number of nitrogens with one attached hydrogen (secondary N) is 1. The van der Waals surface area contributed by atoms with Crippen molar-refractivity contribution in [3.05, 3.63) is 53.6 Å². The third kappa shape index (κ3) is 3.89. The molecular formula is C16H17NO4. The minimum absolute atomic E-state index is 0.148. The van der Waals surface area contributed by atoms with Gasteiger partial charge in [0.05, 0.1) is 7.11 Å². The van der Waals surface area contributed by atoms with E-state index in [0.29, 0.717) is 13.0 Å². The van der Waals surface area contributed by atoms with Crippen LogP contribution in [-0.4, -0.2) is 29.8 Å². The van der Waals surface area contributed by atoms with Crippen molar-refractivity contribution in [2.45, 2.75) is 6.42 Å². The standard InChI is InChI=1S/C16H17NO4/c1-21-15-5-3-2-4-11(15)6-7-17-16(20)12-8-13(18)10-14(19)9-12/h2-5,8-10,18-19H,6-7H2,1H3,(H,17,20). The molecular weight excluding hydrogens is 270 g/mol. The van der Waals surface area contributed by atoms with Crippen LogP contribution < -0.4 is 10.1 Å². The molecule has 110 valence electrons. The van der Waals surface area contributed by atoms with Crippen LogP contribution >= 0.6 is 0 Å². The number of ether oxygens (including phenoxy) is 1. The molecule has 0 aliphatic rings. The van der Waals surface area contributed by atoms with Gasteiger partial charge in [-0.25, -0.2) is 0 Å². The first-order chi connectivity index (χ1) is 10.1. The van der Waals surface area contributed by atoms with Crippen LogP contribution in [0.2, 0.25) is 0 Å². The third-order valence-electron chi connectivity index (χ3n) is 3.04. The number of para-hydroxylation sites is 1. The molecule has 21 heavy (non-hydrogen) atoms. The zero-order valence-corrected chi connectivity index (χ0v) is 11.7. The number of carbonyl (C=O) groups is 1.